The summed E-state index contributed by atoms with van der Waals surface area (Å²) >= 11 is 0. The Bertz CT molecular complexity index is 286. The molecule has 2 rings (SSSR count). The zero-order chi connectivity index (χ0) is 9.36. The molecule has 0 aliphatic heterocycles. The molecule has 0 fully saturated rings. The van der Waals surface area contributed by atoms with Crippen LogP contribution in [0.25, 0.3) is 0 Å². The Morgan fingerprint density at radius 2 is 1.27 bits per heavy atom. The maximum Gasteiger partial charge on any atom is 2.00 e. The van der Waals surface area contributed by atoms with Crippen LogP contribution in [0.2, 0.25) is 0 Å². The maximum atomic E-state index is 11.9. The minimum Gasteiger partial charge on any atom is -0.236 e. The summed E-state index contributed by atoms with van der Waals surface area (Å²) in [6.45, 7) is 0. The van der Waals surface area contributed by atoms with Crippen LogP contribution in [0.15, 0.2) is 54.6 Å². The van der Waals surface area contributed by atoms with Crippen molar-refractivity contribution in [2.24, 2.45) is 0 Å². The summed E-state index contributed by atoms with van der Waals surface area (Å²) in [6.07, 6.45) is 0. The molecular formula is C12H10BrFMg. The van der Waals surface area contributed by atoms with E-state index >= 15 is 0 Å². The predicted octanol–water partition coefficient (Wildman–Crippen LogP) is 3.31. The molecule has 0 N–H and O–H groups in total. The van der Waals surface area contributed by atoms with Gasteiger partial charge in [0.05, 0.1) is 0 Å². The van der Waals surface area contributed by atoms with Crippen LogP contribution in [0.3, 0.4) is 0 Å². The van der Waals surface area contributed by atoms with Crippen molar-refractivity contribution >= 4 is 40.0 Å². The number of rotatable bonds is 0. The summed E-state index contributed by atoms with van der Waals surface area (Å²) in [7, 11) is 0. The Kier molecular flexibility index (Phi) is 13.3. The molecule has 2 aromatic carbocycles. The fourth-order valence-corrected chi connectivity index (χ4v) is 0.708. The summed E-state index contributed by atoms with van der Waals surface area (Å²) < 4.78 is 11.9. The minimum atomic E-state index is -0.209. The monoisotopic (exact) mass is 276 g/mol. The van der Waals surface area contributed by atoms with E-state index in [1.54, 1.807) is 0 Å². The van der Waals surface area contributed by atoms with Gasteiger partial charge in [0.1, 0.15) is 0 Å². The average Bonchev–Trinajstić information content (AvgIpc) is 2.22. The van der Waals surface area contributed by atoms with E-state index < -0.39 is 0 Å². The van der Waals surface area contributed by atoms with E-state index in [2.05, 4.69) is 12.1 Å². The molecule has 0 radical (unpaired) electrons. The van der Waals surface area contributed by atoms with Crippen molar-refractivity contribution in [1.29, 1.82) is 0 Å². The van der Waals surface area contributed by atoms with Crippen LogP contribution < -0.4 is 0 Å². The number of hydrogen-bond donors (Lipinski definition) is 0. The van der Waals surface area contributed by atoms with Gasteiger partial charge in [0.15, 0.2) is 0 Å². The molecule has 0 aromatic heterocycles. The first-order valence-corrected chi connectivity index (χ1v) is 3.92. The van der Waals surface area contributed by atoms with Crippen molar-refractivity contribution in [3.63, 3.8) is 0 Å². The van der Waals surface area contributed by atoms with Crippen molar-refractivity contribution < 1.29 is 4.39 Å². The van der Waals surface area contributed by atoms with E-state index in [-0.39, 0.29) is 45.9 Å². The Morgan fingerprint density at radius 1 is 0.800 bits per heavy atom. The van der Waals surface area contributed by atoms with E-state index in [1.807, 2.05) is 30.3 Å². The standard InChI is InChI=1S/C6H4F.C6H5.BrH.Mg/c7-6-4-2-1-3-5-6;1-2-4-6-5-3-1;;/h2-5H;1-5H;1H;/q2*-1;;+2. The van der Waals surface area contributed by atoms with Crippen molar-refractivity contribution in [1.82, 2.24) is 0 Å². The van der Waals surface area contributed by atoms with Crippen LogP contribution in [0, 0.1) is 17.9 Å². The molecule has 3 heteroatoms. The zero-order valence-corrected chi connectivity index (χ0v) is 11.3. The number of benzene rings is 2. The van der Waals surface area contributed by atoms with Gasteiger partial charge in [-0.2, -0.15) is 54.6 Å². The molecule has 0 bridgehead atoms. The Labute approximate surface area is 116 Å². The summed E-state index contributed by atoms with van der Waals surface area (Å²) in [5.74, 6) is -0.209. The molecule has 0 amide bonds. The molecule has 0 nitrogen and oxygen atoms in total. The first-order valence-electron chi connectivity index (χ1n) is 3.92. The molecule has 0 saturated carbocycles. The summed E-state index contributed by atoms with van der Waals surface area (Å²) in [4.78, 5) is 0. The fourth-order valence-electron chi connectivity index (χ4n) is 0.708. The van der Waals surface area contributed by atoms with Crippen LogP contribution in [-0.4, -0.2) is 23.1 Å². The van der Waals surface area contributed by atoms with Gasteiger partial charge >= 0.3 is 23.1 Å². The molecule has 74 valence electrons. The molecule has 0 aliphatic carbocycles. The van der Waals surface area contributed by atoms with Crippen LogP contribution >= 0.6 is 17.0 Å². The van der Waals surface area contributed by atoms with Gasteiger partial charge in [-0.05, 0) is 0 Å². The van der Waals surface area contributed by atoms with E-state index in [1.165, 1.54) is 24.3 Å². The van der Waals surface area contributed by atoms with Crippen molar-refractivity contribution in [2.75, 3.05) is 0 Å². The Hall–Kier alpha value is -0.384. The average molecular weight is 277 g/mol. The molecular weight excluding hydrogens is 267 g/mol. The van der Waals surface area contributed by atoms with E-state index in [0.29, 0.717) is 0 Å². The van der Waals surface area contributed by atoms with E-state index in [0.717, 1.165) is 0 Å². The third kappa shape index (κ3) is 9.91. The van der Waals surface area contributed by atoms with E-state index in [4.69, 9.17) is 0 Å². The quantitative estimate of drug-likeness (QED) is 0.512. The van der Waals surface area contributed by atoms with Crippen molar-refractivity contribution in [2.45, 2.75) is 0 Å². The number of hydrogen-bond acceptors (Lipinski definition) is 0. The SMILES string of the molecule is Br.Fc1cc[c-]cc1.[Mg+2].[c-]1ccccc1. The second kappa shape index (κ2) is 11.7. The summed E-state index contributed by atoms with van der Waals surface area (Å²) in [5, 5.41) is 0. The third-order valence-electron chi connectivity index (χ3n) is 1.28. The van der Waals surface area contributed by atoms with Gasteiger partial charge in [-0.15, -0.1) is 29.1 Å². The second-order valence-corrected chi connectivity index (χ2v) is 2.30. The van der Waals surface area contributed by atoms with Gasteiger partial charge in [-0.1, -0.05) is 0 Å². The first kappa shape index (κ1) is 17.0. The van der Waals surface area contributed by atoms with Gasteiger partial charge in [0.2, 0.25) is 0 Å². The minimum absolute atomic E-state index is 0. The van der Waals surface area contributed by atoms with E-state index in [9.17, 15) is 4.39 Å². The molecule has 0 unspecified atom stereocenters. The second-order valence-electron chi connectivity index (χ2n) is 2.30. The zero-order valence-electron chi connectivity index (χ0n) is 8.19. The predicted molar refractivity (Wildman–Crippen MR) is 66.6 cm³/mol. The topological polar surface area (TPSA) is 0 Å². The van der Waals surface area contributed by atoms with Crippen LogP contribution in [-0.2, 0) is 0 Å². The van der Waals surface area contributed by atoms with Crippen LogP contribution in [0.1, 0.15) is 0 Å². The van der Waals surface area contributed by atoms with Gasteiger partial charge in [0.25, 0.3) is 0 Å². The Morgan fingerprint density at radius 3 is 1.47 bits per heavy atom. The van der Waals surface area contributed by atoms with Gasteiger partial charge in [0, 0.05) is 5.82 Å². The normalized spacial score (nSPS) is 7.27. The summed E-state index contributed by atoms with van der Waals surface area (Å²) in [5.41, 5.74) is 0. The first-order chi connectivity index (χ1) is 6.39. The molecule has 0 aliphatic rings. The van der Waals surface area contributed by atoms with Crippen LogP contribution in [0.4, 0.5) is 4.39 Å². The molecule has 0 atom stereocenters. The molecule has 0 heterocycles. The van der Waals surface area contributed by atoms with Crippen molar-refractivity contribution in [3.05, 3.63) is 72.5 Å². The summed E-state index contributed by atoms with van der Waals surface area (Å²) in [6, 6.07) is 21.0. The number of halogens is 2. The molecule has 2 aromatic rings. The molecule has 0 saturated heterocycles. The molecule has 15 heavy (non-hydrogen) atoms. The van der Waals surface area contributed by atoms with Crippen molar-refractivity contribution in [3.8, 4) is 0 Å². The van der Waals surface area contributed by atoms with Gasteiger partial charge in [-0.25, -0.2) is 4.39 Å². The molecule has 0 spiro atoms. The van der Waals surface area contributed by atoms with Gasteiger partial charge < -0.3 is 0 Å². The van der Waals surface area contributed by atoms with Gasteiger partial charge in [-0.3, -0.25) is 0 Å². The fraction of sp³-hybridized carbons (Fsp3) is 0. The Balaban J connectivity index is 0. The maximum absolute atomic E-state index is 11.9. The third-order valence-corrected chi connectivity index (χ3v) is 1.28. The largest absolute Gasteiger partial charge is 2.00 e. The smallest absolute Gasteiger partial charge is 0.236 e. The van der Waals surface area contributed by atoms with Crippen LogP contribution in [0.5, 0.6) is 0 Å².